The molecule has 0 spiro atoms. The van der Waals surface area contributed by atoms with Crippen molar-refractivity contribution in [3.8, 4) is 5.75 Å². The fourth-order valence-corrected chi connectivity index (χ4v) is 2.66. The number of aryl methyl sites for hydroxylation is 1. The van der Waals surface area contributed by atoms with E-state index in [0.29, 0.717) is 18.0 Å². The van der Waals surface area contributed by atoms with E-state index in [4.69, 9.17) is 5.11 Å². The van der Waals surface area contributed by atoms with Crippen LogP contribution in [0.2, 0.25) is 0 Å². The van der Waals surface area contributed by atoms with E-state index in [1.165, 1.54) is 0 Å². The lowest BCUT2D eigenvalue weighted by molar-refractivity contribution is 0.0650. The second-order valence-electron chi connectivity index (χ2n) is 5.29. The van der Waals surface area contributed by atoms with Crippen molar-refractivity contribution >= 4 is 5.91 Å². The number of aliphatic hydroxyl groups is 1. The van der Waals surface area contributed by atoms with Gasteiger partial charge in [-0.1, -0.05) is 11.6 Å². The van der Waals surface area contributed by atoms with Crippen LogP contribution in [0.5, 0.6) is 5.75 Å². The number of nitrogens with zero attached hydrogens (tertiary/aromatic N) is 1. The molecule has 4 nitrogen and oxygen atoms in total. The molecular weight excluding hydrogens is 242 g/mol. The maximum Gasteiger partial charge on any atom is 0.257 e. The molecule has 0 radical (unpaired) electrons. The number of aromatic hydroxyl groups is 1. The third-order valence-electron chi connectivity index (χ3n) is 3.73. The minimum absolute atomic E-state index is 0.0416. The van der Waals surface area contributed by atoms with Crippen LogP contribution in [0.15, 0.2) is 18.2 Å². The SMILES string of the molecule is Cc1ccc(O)c(C(=O)N2CCCC(CCO)C2)c1. The third-order valence-corrected chi connectivity index (χ3v) is 3.73. The van der Waals surface area contributed by atoms with Gasteiger partial charge in [-0.05, 0) is 44.2 Å². The predicted octanol–water partition coefficient (Wildman–Crippen LogP) is 1.94. The molecule has 1 aliphatic heterocycles. The molecule has 1 unspecified atom stereocenters. The number of rotatable bonds is 3. The molecule has 19 heavy (non-hydrogen) atoms. The molecule has 4 heteroatoms. The molecular formula is C15H21NO3. The lowest BCUT2D eigenvalue weighted by atomic mass is 9.94. The summed E-state index contributed by atoms with van der Waals surface area (Å²) < 4.78 is 0. The highest BCUT2D eigenvalue weighted by molar-refractivity contribution is 5.97. The van der Waals surface area contributed by atoms with E-state index in [9.17, 15) is 9.90 Å². The first-order valence-electron chi connectivity index (χ1n) is 6.81. The average molecular weight is 263 g/mol. The smallest absolute Gasteiger partial charge is 0.257 e. The predicted molar refractivity (Wildman–Crippen MR) is 73.2 cm³/mol. The molecule has 1 aromatic carbocycles. The van der Waals surface area contributed by atoms with Gasteiger partial charge in [0.2, 0.25) is 0 Å². The van der Waals surface area contributed by atoms with Crippen molar-refractivity contribution < 1.29 is 15.0 Å². The monoisotopic (exact) mass is 263 g/mol. The van der Waals surface area contributed by atoms with Gasteiger partial charge in [0, 0.05) is 19.7 Å². The molecule has 1 saturated heterocycles. The highest BCUT2D eigenvalue weighted by atomic mass is 16.3. The first-order chi connectivity index (χ1) is 9.11. The first-order valence-corrected chi connectivity index (χ1v) is 6.81. The van der Waals surface area contributed by atoms with Gasteiger partial charge in [0.25, 0.3) is 5.91 Å². The van der Waals surface area contributed by atoms with Gasteiger partial charge in [-0.3, -0.25) is 4.79 Å². The molecule has 1 atom stereocenters. The van der Waals surface area contributed by atoms with Crippen LogP contribution >= 0.6 is 0 Å². The molecule has 0 aromatic heterocycles. The Morgan fingerprint density at radius 1 is 1.47 bits per heavy atom. The highest BCUT2D eigenvalue weighted by Crippen LogP contribution is 2.24. The number of phenols is 1. The molecule has 2 rings (SSSR count). The summed E-state index contributed by atoms with van der Waals surface area (Å²) in [6.45, 7) is 3.48. The molecule has 0 saturated carbocycles. The number of hydrogen-bond donors (Lipinski definition) is 2. The average Bonchev–Trinajstić information content (AvgIpc) is 2.41. The number of carbonyl (C=O) groups is 1. The Morgan fingerprint density at radius 3 is 3.00 bits per heavy atom. The number of amides is 1. The fraction of sp³-hybridized carbons (Fsp3) is 0.533. The number of carbonyl (C=O) groups excluding carboxylic acids is 1. The summed E-state index contributed by atoms with van der Waals surface area (Å²) in [5, 5.41) is 18.8. The number of aliphatic hydroxyl groups excluding tert-OH is 1. The number of piperidine rings is 1. The zero-order valence-electron chi connectivity index (χ0n) is 11.3. The maximum absolute atomic E-state index is 12.4. The van der Waals surface area contributed by atoms with Crippen molar-refractivity contribution in [1.29, 1.82) is 0 Å². The van der Waals surface area contributed by atoms with E-state index in [1.54, 1.807) is 23.1 Å². The van der Waals surface area contributed by atoms with E-state index in [2.05, 4.69) is 0 Å². The molecule has 1 heterocycles. The van der Waals surface area contributed by atoms with Crippen molar-refractivity contribution in [2.24, 2.45) is 5.92 Å². The Labute approximate surface area is 113 Å². The zero-order chi connectivity index (χ0) is 13.8. The summed E-state index contributed by atoms with van der Waals surface area (Å²) in [5.41, 5.74) is 1.34. The van der Waals surface area contributed by atoms with Gasteiger partial charge in [-0.2, -0.15) is 0 Å². The van der Waals surface area contributed by atoms with E-state index < -0.39 is 0 Å². The van der Waals surface area contributed by atoms with Crippen molar-refractivity contribution in [3.63, 3.8) is 0 Å². The second kappa shape index (κ2) is 6.06. The molecule has 1 aliphatic rings. The van der Waals surface area contributed by atoms with Crippen molar-refractivity contribution in [3.05, 3.63) is 29.3 Å². The lowest BCUT2D eigenvalue weighted by Gasteiger charge is -2.32. The summed E-state index contributed by atoms with van der Waals surface area (Å²) in [7, 11) is 0. The number of hydrogen-bond acceptors (Lipinski definition) is 3. The molecule has 1 aromatic rings. The Kier molecular flexibility index (Phi) is 4.43. The zero-order valence-corrected chi connectivity index (χ0v) is 11.3. The quantitative estimate of drug-likeness (QED) is 0.876. The van der Waals surface area contributed by atoms with Gasteiger partial charge in [-0.25, -0.2) is 0 Å². The topological polar surface area (TPSA) is 60.8 Å². The summed E-state index contributed by atoms with van der Waals surface area (Å²) in [6, 6.07) is 5.09. The van der Waals surface area contributed by atoms with Crippen LogP contribution in [0.3, 0.4) is 0 Å². The van der Waals surface area contributed by atoms with Crippen LogP contribution in [0.1, 0.15) is 35.2 Å². The normalized spacial score (nSPS) is 19.5. The van der Waals surface area contributed by atoms with Crippen LogP contribution in [0, 0.1) is 12.8 Å². The fourth-order valence-electron chi connectivity index (χ4n) is 2.66. The van der Waals surface area contributed by atoms with Crippen LogP contribution in [-0.4, -0.2) is 40.7 Å². The first kappa shape index (κ1) is 13.9. The van der Waals surface area contributed by atoms with E-state index in [0.717, 1.165) is 31.4 Å². The maximum atomic E-state index is 12.4. The molecule has 104 valence electrons. The molecule has 0 bridgehead atoms. The van der Waals surface area contributed by atoms with Gasteiger partial charge in [0.15, 0.2) is 0 Å². The summed E-state index contributed by atoms with van der Waals surface area (Å²) in [5.74, 6) is 0.304. The Balaban J connectivity index is 2.12. The third kappa shape index (κ3) is 3.26. The largest absolute Gasteiger partial charge is 0.507 e. The van der Waals surface area contributed by atoms with Crippen LogP contribution in [0.4, 0.5) is 0 Å². The Morgan fingerprint density at radius 2 is 2.26 bits per heavy atom. The van der Waals surface area contributed by atoms with Crippen LogP contribution in [-0.2, 0) is 0 Å². The number of benzene rings is 1. The van der Waals surface area contributed by atoms with Gasteiger partial charge in [0.1, 0.15) is 5.75 Å². The Bertz CT molecular complexity index is 457. The molecule has 2 N–H and O–H groups in total. The van der Waals surface area contributed by atoms with Gasteiger partial charge in [-0.15, -0.1) is 0 Å². The summed E-state index contributed by atoms with van der Waals surface area (Å²) in [4.78, 5) is 14.2. The summed E-state index contributed by atoms with van der Waals surface area (Å²) >= 11 is 0. The minimum Gasteiger partial charge on any atom is -0.507 e. The molecule has 1 amide bonds. The van der Waals surface area contributed by atoms with Crippen molar-refractivity contribution in [2.45, 2.75) is 26.2 Å². The van der Waals surface area contributed by atoms with E-state index in [1.807, 2.05) is 6.92 Å². The number of likely N-dealkylation sites (tertiary alicyclic amines) is 1. The van der Waals surface area contributed by atoms with Gasteiger partial charge < -0.3 is 15.1 Å². The minimum atomic E-state index is -0.108. The van der Waals surface area contributed by atoms with Crippen LogP contribution in [0.25, 0.3) is 0 Å². The lowest BCUT2D eigenvalue weighted by Crippen LogP contribution is -2.40. The Hall–Kier alpha value is -1.55. The van der Waals surface area contributed by atoms with E-state index in [-0.39, 0.29) is 18.3 Å². The number of phenolic OH excluding ortho intramolecular Hbond substituents is 1. The van der Waals surface area contributed by atoms with Crippen molar-refractivity contribution in [1.82, 2.24) is 4.90 Å². The van der Waals surface area contributed by atoms with Crippen LogP contribution < -0.4 is 0 Å². The molecule has 0 aliphatic carbocycles. The van der Waals surface area contributed by atoms with Crippen molar-refractivity contribution in [2.75, 3.05) is 19.7 Å². The standard InChI is InChI=1S/C15H21NO3/c1-11-4-5-14(18)13(9-11)15(19)16-7-2-3-12(10-16)6-8-17/h4-5,9,12,17-18H,2-3,6-8,10H2,1H3. The second-order valence-corrected chi connectivity index (χ2v) is 5.29. The van der Waals surface area contributed by atoms with Gasteiger partial charge in [0.05, 0.1) is 5.56 Å². The molecule has 1 fully saturated rings. The summed E-state index contributed by atoms with van der Waals surface area (Å²) in [6.07, 6.45) is 2.76. The highest BCUT2D eigenvalue weighted by Gasteiger charge is 2.25. The van der Waals surface area contributed by atoms with Gasteiger partial charge >= 0.3 is 0 Å². The van der Waals surface area contributed by atoms with E-state index >= 15 is 0 Å².